The second kappa shape index (κ2) is 5.69. The molecular weight excluding hydrogens is 355 g/mol. The number of hydrogen-bond acceptors (Lipinski definition) is 2. The minimum absolute atomic E-state index is 0.591. The standard InChI is InChI=1S/C11H13Br2ClN2/c12-9-4-10(13)11(15-6-9)16-3-1-2-8(5-14)7-16/h4,6,8H,1-3,5,7H2. The van der Waals surface area contributed by atoms with Crippen molar-refractivity contribution in [1.82, 2.24) is 4.98 Å². The number of rotatable bonds is 2. The Hall–Kier alpha value is 0.200. The van der Waals surface area contributed by atoms with Crippen molar-refractivity contribution in [2.45, 2.75) is 12.8 Å². The summed E-state index contributed by atoms with van der Waals surface area (Å²) in [7, 11) is 0. The van der Waals surface area contributed by atoms with Gasteiger partial charge in [-0.05, 0) is 56.7 Å². The van der Waals surface area contributed by atoms with Crippen LogP contribution in [0.2, 0.25) is 0 Å². The summed E-state index contributed by atoms with van der Waals surface area (Å²) < 4.78 is 2.03. The summed E-state index contributed by atoms with van der Waals surface area (Å²) in [6.45, 7) is 2.08. The number of alkyl halides is 1. The van der Waals surface area contributed by atoms with Crippen molar-refractivity contribution in [3.05, 3.63) is 21.2 Å². The van der Waals surface area contributed by atoms with Gasteiger partial charge in [-0.15, -0.1) is 11.6 Å². The topological polar surface area (TPSA) is 16.1 Å². The molecule has 0 spiro atoms. The highest BCUT2D eigenvalue weighted by Crippen LogP contribution is 2.30. The van der Waals surface area contributed by atoms with Crippen LogP contribution < -0.4 is 4.90 Å². The molecule has 1 aliphatic heterocycles. The van der Waals surface area contributed by atoms with Crippen LogP contribution in [-0.4, -0.2) is 24.0 Å². The average molecular weight is 369 g/mol. The van der Waals surface area contributed by atoms with E-state index in [1.54, 1.807) is 0 Å². The normalized spacial score (nSPS) is 21.2. The molecule has 0 aliphatic carbocycles. The highest BCUT2D eigenvalue weighted by atomic mass is 79.9. The zero-order valence-corrected chi connectivity index (χ0v) is 12.7. The smallest absolute Gasteiger partial charge is 0.142 e. The summed E-state index contributed by atoms with van der Waals surface area (Å²) in [4.78, 5) is 6.77. The van der Waals surface area contributed by atoms with E-state index in [0.29, 0.717) is 5.92 Å². The Morgan fingerprint density at radius 2 is 2.31 bits per heavy atom. The van der Waals surface area contributed by atoms with E-state index in [1.165, 1.54) is 12.8 Å². The molecule has 0 aromatic carbocycles. The summed E-state index contributed by atoms with van der Waals surface area (Å²) in [5.74, 6) is 2.36. The Morgan fingerprint density at radius 3 is 3.00 bits per heavy atom. The summed E-state index contributed by atoms with van der Waals surface area (Å²) in [6, 6.07) is 2.03. The number of pyridine rings is 1. The van der Waals surface area contributed by atoms with Crippen molar-refractivity contribution in [3.63, 3.8) is 0 Å². The molecule has 1 aromatic rings. The maximum absolute atomic E-state index is 5.93. The Bertz CT molecular complexity index is 373. The Balaban J connectivity index is 2.16. The lowest BCUT2D eigenvalue weighted by Gasteiger charge is -2.33. The maximum atomic E-state index is 5.93. The van der Waals surface area contributed by atoms with Crippen molar-refractivity contribution < 1.29 is 0 Å². The van der Waals surface area contributed by atoms with Gasteiger partial charge in [0.1, 0.15) is 5.82 Å². The van der Waals surface area contributed by atoms with Gasteiger partial charge in [-0.25, -0.2) is 4.98 Å². The van der Waals surface area contributed by atoms with Gasteiger partial charge in [0, 0.05) is 29.6 Å². The predicted molar refractivity (Wildman–Crippen MR) is 75.3 cm³/mol. The van der Waals surface area contributed by atoms with Gasteiger partial charge in [0.25, 0.3) is 0 Å². The van der Waals surface area contributed by atoms with Gasteiger partial charge < -0.3 is 4.90 Å². The third-order valence-electron chi connectivity index (χ3n) is 2.83. The van der Waals surface area contributed by atoms with E-state index in [4.69, 9.17) is 11.6 Å². The molecule has 0 bridgehead atoms. The molecule has 0 N–H and O–H groups in total. The summed E-state index contributed by atoms with van der Waals surface area (Å²) in [6.07, 6.45) is 4.26. The lowest BCUT2D eigenvalue weighted by atomic mass is 10.0. The molecule has 1 fully saturated rings. The van der Waals surface area contributed by atoms with Gasteiger partial charge in [-0.1, -0.05) is 0 Å². The molecule has 16 heavy (non-hydrogen) atoms. The summed E-state index contributed by atoms with van der Waals surface area (Å²) >= 11 is 12.9. The van der Waals surface area contributed by atoms with Gasteiger partial charge in [-0.2, -0.15) is 0 Å². The largest absolute Gasteiger partial charge is 0.355 e. The molecule has 5 heteroatoms. The van der Waals surface area contributed by atoms with Crippen LogP contribution in [0, 0.1) is 5.92 Å². The summed E-state index contributed by atoms with van der Waals surface area (Å²) in [5, 5.41) is 0. The number of piperidine rings is 1. The van der Waals surface area contributed by atoms with E-state index < -0.39 is 0 Å². The molecule has 2 nitrogen and oxygen atoms in total. The zero-order valence-electron chi connectivity index (χ0n) is 8.80. The first-order valence-corrected chi connectivity index (χ1v) is 7.44. The van der Waals surface area contributed by atoms with Gasteiger partial charge >= 0.3 is 0 Å². The SMILES string of the molecule is ClCC1CCCN(c2ncc(Br)cc2Br)C1. The number of halogens is 3. The van der Waals surface area contributed by atoms with Crippen LogP contribution in [0.5, 0.6) is 0 Å². The summed E-state index contributed by atoms with van der Waals surface area (Å²) in [5.41, 5.74) is 0. The van der Waals surface area contributed by atoms with Crippen molar-refractivity contribution in [2.24, 2.45) is 5.92 Å². The molecule has 1 aromatic heterocycles. The highest BCUT2D eigenvalue weighted by Gasteiger charge is 2.21. The van der Waals surface area contributed by atoms with E-state index in [1.807, 2.05) is 12.3 Å². The minimum Gasteiger partial charge on any atom is -0.355 e. The average Bonchev–Trinajstić information content (AvgIpc) is 2.29. The fraction of sp³-hybridized carbons (Fsp3) is 0.545. The molecule has 1 aliphatic rings. The van der Waals surface area contributed by atoms with Gasteiger partial charge in [-0.3, -0.25) is 0 Å². The first kappa shape index (κ1) is 12.7. The third-order valence-corrected chi connectivity index (χ3v) is 4.28. The minimum atomic E-state index is 0.591. The van der Waals surface area contributed by atoms with Crippen molar-refractivity contribution >= 4 is 49.3 Å². The quantitative estimate of drug-likeness (QED) is 0.732. The molecule has 2 heterocycles. The van der Waals surface area contributed by atoms with Crippen molar-refractivity contribution in [3.8, 4) is 0 Å². The van der Waals surface area contributed by atoms with Crippen LogP contribution in [0.25, 0.3) is 0 Å². The zero-order chi connectivity index (χ0) is 11.5. The molecule has 1 unspecified atom stereocenters. The maximum Gasteiger partial charge on any atom is 0.142 e. The molecule has 0 radical (unpaired) electrons. The fourth-order valence-electron chi connectivity index (χ4n) is 2.02. The monoisotopic (exact) mass is 366 g/mol. The second-order valence-electron chi connectivity index (χ2n) is 4.07. The number of nitrogens with zero attached hydrogens (tertiary/aromatic N) is 2. The van der Waals surface area contributed by atoms with E-state index in [0.717, 1.165) is 33.7 Å². The van der Waals surface area contributed by atoms with E-state index in [9.17, 15) is 0 Å². The van der Waals surface area contributed by atoms with Crippen molar-refractivity contribution in [1.29, 1.82) is 0 Å². The lowest BCUT2D eigenvalue weighted by molar-refractivity contribution is 0.448. The molecule has 0 saturated carbocycles. The molecule has 2 rings (SSSR count). The van der Waals surface area contributed by atoms with Gasteiger partial charge in [0.2, 0.25) is 0 Å². The van der Waals surface area contributed by atoms with Crippen molar-refractivity contribution in [2.75, 3.05) is 23.9 Å². The number of hydrogen-bond donors (Lipinski definition) is 0. The van der Waals surface area contributed by atoms with Gasteiger partial charge in [0.05, 0.1) is 4.47 Å². The Morgan fingerprint density at radius 1 is 1.50 bits per heavy atom. The van der Waals surface area contributed by atoms with Crippen LogP contribution in [0.4, 0.5) is 5.82 Å². The van der Waals surface area contributed by atoms with E-state index in [-0.39, 0.29) is 0 Å². The molecule has 88 valence electrons. The predicted octanol–water partition coefficient (Wildman–Crippen LogP) is 4.06. The van der Waals surface area contributed by atoms with Crippen LogP contribution in [0.1, 0.15) is 12.8 Å². The van der Waals surface area contributed by atoms with E-state index >= 15 is 0 Å². The third kappa shape index (κ3) is 2.90. The molecule has 0 amide bonds. The Kier molecular flexibility index (Phi) is 4.50. The van der Waals surface area contributed by atoms with E-state index in [2.05, 4.69) is 41.7 Å². The lowest BCUT2D eigenvalue weighted by Crippen LogP contribution is -2.36. The Labute approximate surface area is 118 Å². The van der Waals surface area contributed by atoms with Crippen LogP contribution in [0.3, 0.4) is 0 Å². The van der Waals surface area contributed by atoms with Crippen LogP contribution >= 0.6 is 43.5 Å². The molecule has 1 atom stereocenters. The van der Waals surface area contributed by atoms with Crippen LogP contribution in [0.15, 0.2) is 21.2 Å². The number of aromatic nitrogens is 1. The highest BCUT2D eigenvalue weighted by molar-refractivity contribution is 9.11. The first-order valence-electron chi connectivity index (χ1n) is 5.32. The number of anilines is 1. The van der Waals surface area contributed by atoms with Crippen LogP contribution in [-0.2, 0) is 0 Å². The van der Waals surface area contributed by atoms with Gasteiger partial charge in [0.15, 0.2) is 0 Å². The first-order chi connectivity index (χ1) is 7.70. The second-order valence-corrected chi connectivity index (χ2v) is 6.15. The molecule has 1 saturated heterocycles. The molecular formula is C11H13Br2ClN2. The fourth-order valence-corrected chi connectivity index (χ4v) is 3.51.